The average molecular weight is 965 g/mol. The van der Waals surface area contributed by atoms with Crippen LogP contribution >= 0.6 is 16.6 Å². The van der Waals surface area contributed by atoms with Gasteiger partial charge in [0.25, 0.3) is 0 Å². The van der Waals surface area contributed by atoms with Crippen LogP contribution in [0, 0.1) is 13.8 Å². The van der Waals surface area contributed by atoms with Crippen LogP contribution in [0.1, 0.15) is 228 Å². The third kappa shape index (κ3) is 11.0. The molecule has 1 fully saturated rings. The molecule has 1 aliphatic rings. The smallest absolute Gasteiger partial charge is 0.446 e. The highest BCUT2D eigenvalue weighted by atomic mass is 31.2. The van der Waals surface area contributed by atoms with Crippen LogP contribution in [0.25, 0.3) is 33.1 Å². The first kappa shape index (κ1) is 54.1. The molecule has 1 aromatic heterocycles. The quantitative estimate of drug-likeness (QED) is 0.164. The molecule has 5 nitrogen and oxygen atoms in total. The standard InChI is InChI=1S/C61H90O5P2/c1-36-42(56(9,10)11)34-46(60(21,22)23)52(63-67-29-27-28-62-67)48(36)49-37(2)43(57(12,13)14)35-47(61(24,25)26)53(49)66-68-64-50-40(30-38(54(3,4)5)32-44(50)58(15,16)17)41-31-39(55(6,7)8)33-45(51(41)65-68)59(18,19)20/h30-35H,27-29H2,1-26H3. The Bertz CT molecular complexity index is 2660. The molecule has 0 amide bonds. The van der Waals surface area contributed by atoms with Gasteiger partial charge in [-0.2, -0.15) is 0 Å². The van der Waals surface area contributed by atoms with Gasteiger partial charge in [0, 0.05) is 50.3 Å². The van der Waals surface area contributed by atoms with E-state index in [1.54, 1.807) is 0 Å². The van der Waals surface area contributed by atoms with E-state index in [0.29, 0.717) is 0 Å². The van der Waals surface area contributed by atoms with Gasteiger partial charge in [0.15, 0.2) is 0 Å². The molecule has 0 spiro atoms. The van der Waals surface area contributed by atoms with Crippen LogP contribution in [0.4, 0.5) is 0 Å². The minimum atomic E-state index is -2.12. The highest BCUT2D eigenvalue weighted by Crippen LogP contribution is 2.58. The molecule has 1 aliphatic heterocycles. The maximum Gasteiger partial charge on any atom is 0.453 e. The lowest BCUT2D eigenvalue weighted by atomic mass is 9.72. The number of hydrogen-bond acceptors (Lipinski definition) is 5. The van der Waals surface area contributed by atoms with E-state index in [1.165, 1.54) is 38.9 Å². The van der Waals surface area contributed by atoms with Crippen LogP contribution in [0.5, 0.6) is 11.5 Å². The molecule has 0 radical (unpaired) electrons. The van der Waals surface area contributed by atoms with Gasteiger partial charge in [-0.1, -0.05) is 190 Å². The van der Waals surface area contributed by atoms with Crippen LogP contribution in [0.2, 0.25) is 0 Å². The summed E-state index contributed by atoms with van der Waals surface area (Å²) in [6, 6.07) is 14.3. The van der Waals surface area contributed by atoms with Crippen LogP contribution in [0.15, 0.2) is 44.8 Å². The van der Waals surface area contributed by atoms with Gasteiger partial charge in [0.1, 0.15) is 22.7 Å². The summed E-state index contributed by atoms with van der Waals surface area (Å²) in [7, 11) is -3.26. The lowest BCUT2D eigenvalue weighted by Crippen LogP contribution is -2.22. The zero-order valence-electron chi connectivity index (χ0n) is 47.5. The summed E-state index contributed by atoms with van der Waals surface area (Å²) in [6.45, 7) is 60.7. The third-order valence-corrected chi connectivity index (χ3v) is 16.3. The molecule has 374 valence electrons. The van der Waals surface area contributed by atoms with Crippen molar-refractivity contribution in [3.05, 3.63) is 92.0 Å². The second-order valence-corrected chi connectivity index (χ2v) is 30.8. The highest BCUT2D eigenvalue weighted by molar-refractivity contribution is 7.48. The van der Waals surface area contributed by atoms with Gasteiger partial charge in [-0.25, -0.2) is 0 Å². The summed E-state index contributed by atoms with van der Waals surface area (Å²) in [5.74, 6) is 1.68. The lowest BCUT2D eigenvalue weighted by molar-refractivity contribution is 0.349. The first-order chi connectivity index (χ1) is 30.6. The summed E-state index contributed by atoms with van der Waals surface area (Å²) in [6.07, 6.45) is 1.90. The summed E-state index contributed by atoms with van der Waals surface area (Å²) >= 11 is 0. The maximum absolute atomic E-state index is 7.84. The molecule has 68 heavy (non-hydrogen) atoms. The fraction of sp³-hybridized carbons (Fsp3) is 0.607. The number of hydrogen-bond donors (Lipinski definition) is 0. The second-order valence-electron chi connectivity index (χ2n) is 28.2. The van der Waals surface area contributed by atoms with Crippen molar-refractivity contribution in [2.45, 2.75) is 230 Å². The topological polar surface area (TPSA) is 54.0 Å². The van der Waals surface area contributed by atoms with Crippen molar-refractivity contribution in [2.75, 3.05) is 12.8 Å². The predicted octanol–water partition coefficient (Wildman–Crippen LogP) is 19.9. The Hall–Kier alpha value is -3.23. The molecule has 1 saturated heterocycles. The van der Waals surface area contributed by atoms with E-state index in [-0.39, 0.29) is 43.3 Å². The van der Waals surface area contributed by atoms with Crippen LogP contribution in [-0.2, 0) is 47.8 Å². The van der Waals surface area contributed by atoms with E-state index >= 15 is 0 Å². The molecular formula is C61H90O5P2. The van der Waals surface area contributed by atoms with Gasteiger partial charge >= 0.3 is 8.24 Å². The maximum atomic E-state index is 7.84. The highest BCUT2D eigenvalue weighted by Gasteiger charge is 2.38. The van der Waals surface area contributed by atoms with E-state index in [4.69, 9.17) is 22.0 Å². The van der Waals surface area contributed by atoms with Gasteiger partial charge in [-0.05, 0) is 109 Å². The fourth-order valence-corrected chi connectivity index (χ4v) is 12.2. The summed E-state index contributed by atoms with van der Waals surface area (Å²) in [5, 5.41) is 2.10. The molecule has 7 heteroatoms. The second kappa shape index (κ2) is 17.8. The van der Waals surface area contributed by atoms with E-state index in [1.807, 2.05) is 0 Å². The molecule has 0 saturated carbocycles. The molecule has 1 unspecified atom stereocenters. The van der Waals surface area contributed by atoms with Gasteiger partial charge in [-0.3, -0.25) is 0 Å². The largest absolute Gasteiger partial charge is 0.453 e. The SMILES string of the molecule is Cc1c(C(C)(C)C)cc(C(C)(C)C)c(OP2CCCO2)c1-c1c(C)c(C(C)(C)C)cc(C(C)(C)C)c1Op1oc2c(C(C)(C)C)cc(C(C)(C)C)cc2c2cc(C(C)(C)C)cc(C(C)(C)C)c2o1. The van der Waals surface area contributed by atoms with Crippen molar-refractivity contribution in [2.24, 2.45) is 0 Å². The molecule has 0 bridgehead atoms. The molecule has 0 aliphatic carbocycles. The Morgan fingerprint density at radius 3 is 1.03 bits per heavy atom. The van der Waals surface area contributed by atoms with Crippen LogP contribution in [-0.4, -0.2) is 12.8 Å². The van der Waals surface area contributed by atoms with Crippen molar-refractivity contribution >= 4 is 38.6 Å². The zero-order chi connectivity index (χ0) is 51.4. The monoisotopic (exact) mass is 965 g/mol. The Kier molecular flexibility index (Phi) is 14.2. The lowest BCUT2D eigenvalue weighted by Gasteiger charge is -2.35. The zero-order valence-corrected chi connectivity index (χ0v) is 49.3. The molecule has 1 atom stereocenters. The van der Waals surface area contributed by atoms with Gasteiger partial charge in [-0.15, -0.1) is 0 Å². The molecule has 2 heterocycles. The Labute approximate surface area is 415 Å². The van der Waals surface area contributed by atoms with Crippen LogP contribution < -0.4 is 9.05 Å². The predicted molar refractivity (Wildman–Crippen MR) is 296 cm³/mol. The van der Waals surface area contributed by atoms with E-state index < -0.39 is 16.6 Å². The fourth-order valence-electron chi connectivity index (χ4n) is 9.69. The van der Waals surface area contributed by atoms with Gasteiger partial charge in [0.2, 0.25) is 8.38 Å². The van der Waals surface area contributed by atoms with Crippen LogP contribution in [0.3, 0.4) is 0 Å². The summed E-state index contributed by atoms with van der Waals surface area (Å²) in [5.41, 5.74) is 14.1. The summed E-state index contributed by atoms with van der Waals surface area (Å²) < 4.78 is 36.7. The van der Waals surface area contributed by atoms with E-state index in [2.05, 4.69) is 216 Å². The van der Waals surface area contributed by atoms with Crippen molar-refractivity contribution in [3.63, 3.8) is 0 Å². The third-order valence-electron chi connectivity index (χ3n) is 13.8. The number of rotatable bonds is 5. The van der Waals surface area contributed by atoms with Crippen molar-refractivity contribution in [3.8, 4) is 22.6 Å². The van der Waals surface area contributed by atoms with Crippen molar-refractivity contribution in [1.82, 2.24) is 0 Å². The molecule has 5 aromatic rings. The molecular weight excluding hydrogens is 875 g/mol. The molecule has 6 rings (SSSR count). The van der Waals surface area contributed by atoms with Crippen molar-refractivity contribution < 1.29 is 22.0 Å². The minimum Gasteiger partial charge on any atom is -0.446 e. The first-order valence-electron chi connectivity index (χ1n) is 25.3. The van der Waals surface area contributed by atoms with Crippen molar-refractivity contribution in [1.29, 1.82) is 0 Å². The Balaban J connectivity index is 1.94. The normalized spacial score (nSPS) is 16.0. The Morgan fingerprint density at radius 2 is 0.735 bits per heavy atom. The summed E-state index contributed by atoms with van der Waals surface area (Å²) in [4.78, 5) is 0. The van der Waals surface area contributed by atoms with E-state index in [9.17, 15) is 0 Å². The van der Waals surface area contributed by atoms with Gasteiger partial charge < -0.3 is 22.0 Å². The molecule has 0 N–H and O–H groups in total. The first-order valence-corrected chi connectivity index (χ1v) is 27.8. The van der Waals surface area contributed by atoms with Gasteiger partial charge in [0.05, 0.1) is 6.61 Å². The average Bonchev–Trinajstić information content (AvgIpc) is 3.59. The Morgan fingerprint density at radius 1 is 0.397 bits per heavy atom. The minimum absolute atomic E-state index is 0.114. The number of fused-ring (bicyclic) bond motifs is 3. The number of benzene rings is 4. The van der Waals surface area contributed by atoms with E-state index in [0.717, 1.165) is 80.4 Å². The molecule has 4 aromatic carbocycles.